The quantitative estimate of drug-likeness (QED) is 0.456. The highest BCUT2D eigenvalue weighted by molar-refractivity contribution is 6.17. The number of aryl methyl sites for hydroxylation is 1. The van der Waals surface area contributed by atoms with Gasteiger partial charge in [0, 0.05) is 36.8 Å². The number of hydrogen-bond acceptors (Lipinski definition) is 8. The third kappa shape index (κ3) is 4.67. The van der Waals surface area contributed by atoms with E-state index in [1.54, 1.807) is 70.3 Å². The van der Waals surface area contributed by atoms with Gasteiger partial charge in [0.1, 0.15) is 12.4 Å². The van der Waals surface area contributed by atoms with Crippen molar-refractivity contribution in [2.45, 2.75) is 26.8 Å². The van der Waals surface area contributed by atoms with E-state index in [0.717, 1.165) is 0 Å². The van der Waals surface area contributed by atoms with E-state index in [2.05, 4.69) is 10.1 Å². The maximum absolute atomic E-state index is 13.3. The van der Waals surface area contributed by atoms with Crippen LogP contribution >= 0.6 is 0 Å². The van der Waals surface area contributed by atoms with Crippen LogP contribution in [0.2, 0.25) is 0 Å². The zero-order valence-corrected chi connectivity index (χ0v) is 20.0. The van der Waals surface area contributed by atoms with Crippen molar-refractivity contribution in [3.63, 3.8) is 0 Å². The highest BCUT2D eigenvalue weighted by atomic mass is 16.5. The fraction of sp³-hybridized carbons (Fsp3) is 0.308. The van der Waals surface area contributed by atoms with Crippen LogP contribution < -0.4 is 9.64 Å². The lowest BCUT2D eigenvalue weighted by Crippen LogP contribution is -2.31. The Bertz CT molecular complexity index is 1260. The van der Waals surface area contributed by atoms with Gasteiger partial charge in [0.15, 0.2) is 11.5 Å². The van der Waals surface area contributed by atoms with Crippen molar-refractivity contribution in [1.29, 1.82) is 0 Å². The molecule has 2 aromatic carbocycles. The summed E-state index contributed by atoms with van der Waals surface area (Å²) in [5.74, 6) is -0.592. The smallest absolute Gasteiger partial charge is 0.294 e. The van der Waals surface area contributed by atoms with E-state index in [1.807, 2.05) is 6.07 Å². The molecular formula is C26H27N3O6. The summed E-state index contributed by atoms with van der Waals surface area (Å²) in [7, 11) is 1.58. The lowest BCUT2D eigenvalue weighted by Gasteiger charge is -2.28. The number of aliphatic hydroxyl groups excluding tert-OH is 1. The van der Waals surface area contributed by atoms with Crippen molar-refractivity contribution in [2.75, 3.05) is 25.2 Å². The number of benzene rings is 2. The Hall–Kier alpha value is -3.98. The zero-order chi connectivity index (χ0) is 25.1. The minimum atomic E-state index is -0.866. The van der Waals surface area contributed by atoms with Gasteiger partial charge in [0.25, 0.3) is 5.91 Å². The standard InChI is InChI=1S/C26H27N3O6/c1-15(2)23(30)21-22(19-7-5-6-8-20(19)34-14-13-33-4)29(26(32)24(21)31)18-11-9-17(10-12-18)25-27-16(3)35-28-25/h5-12,15,22,31H,13-14H2,1-4H3. The van der Waals surface area contributed by atoms with Crippen LogP contribution in [0.25, 0.3) is 11.4 Å². The van der Waals surface area contributed by atoms with Crippen LogP contribution in [0.5, 0.6) is 5.75 Å². The number of aromatic nitrogens is 2. The van der Waals surface area contributed by atoms with Gasteiger partial charge in [-0.2, -0.15) is 4.98 Å². The van der Waals surface area contributed by atoms with E-state index in [9.17, 15) is 14.7 Å². The van der Waals surface area contributed by atoms with Gasteiger partial charge >= 0.3 is 0 Å². The van der Waals surface area contributed by atoms with E-state index >= 15 is 0 Å². The topological polar surface area (TPSA) is 115 Å². The number of nitrogens with zero attached hydrogens (tertiary/aromatic N) is 3. The Labute approximate surface area is 203 Å². The molecule has 0 spiro atoms. The number of aliphatic hydroxyl groups is 1. The third-order valence-corrected chi connectivity index (χ3v) is 5.69. The SMILES string of the molecule is COCCOc1ccccc1C1C(C(=O)C(C)C)=C(O)C(=O)N1c1ccc(-c2noc(C)n2)cc1. The molecule has 9 nitrogen and oxygen atoms in total. The minimum Gasteiger partial charge on any atom is -0.503 e. The van der Waals surface area contributed by atoms with Gasteiger partial charge in [-0.25, -0.2) is 0 Å². The molecule has 1 aromatic heterocycles. The first-order chi connectivity index (χ1) is 16.8. The maximum Gasteiger partial charge on any atom is 0.294 e. The summed E-state index contributed by atoms with van der Waals surface area (Å²) in [5.41, 5.74) is 1.83. The molecule has 0 fully saturated rings. The number of carbonyl (C=O) groups excluding carboxylic acids is 2. The van der Waals surface area contributed by atoms with Crippen LogP contribution in [0.15, 0.2) is 64.4 Å². The lowest BCUT2D eigenvalue weighted by atomic mass is 9.90. The fourth-order valence-electron chi connectivity index (χ4n) is 3.99. The first-order valence-corrected chi connectivity index (χ1v) is 11.3. The van der Waals surface area contributed by atoms with E-state index in [4.69, 9.17) is 14.0 Å². The Kier molecular flexibility index (Phi) is 6.97. The highest BCUT2D eigenvalue weighted by Gasteiger charge is 2.45. The molecule has 1 unspecified atom stereocenters. The third-order valence-electron chi connectivity index (χ3n) is 5.69. The molecule has 3 aromatic rings. The predicted octanol–water partition coefficient (Wildman–Crippen LogP) is 4.20. The van der Waals surface area contributed by atoms with Crippen molar-refractivity contribution in [2.24, 2.45) is 5.92 Å². The van der Waals surface area contributed by atoms with Crippen LogP contribution in [-0.2, 0) is 14.3 Å². The average Bonchev–Trinajstić information content (AvgIpc) is 3.40. The first-order valence-electron chi connectivity index (χ1n) is 11.3. The van der Waals surface area contributed by atoms with Gasteiger partial charge in [-0.15, -0.1) is 0 Å². The van der Waals surface area contributed by atoms with Crippen molar-refractivity contribution >= 4 is 17.4 Å². The number of amides is 1. The number of Topliss-reactive ketones (excluding diaryl/α,β-unsaturated/α-hetero) is 1. The molecule has 1 N–H and O–H groups in total. The Morgan fingerprint density at radius 1 is 1.14 bits per heavy atom. The predicted molar refractivity (Wildman–Crippen MR) is 128 cm³/mol. The van der Waals surface area contributed by atoms with Gasteiger partial charge in [0.2, 0.25) is 11.7 Å². The van der Waals surface area contributed by atoms with Crippen LogP contribution in [0, 0.1) is 12.8 Å². The summed E-state index contributed by atoms with van der Waals surface area (Å²) in [6.45, 7) is 5.82. The largest absolute Gasteiger partial charge is 0.503 e. The number of rotatable bonds is 9. The van der Waals surface area contributed by atoms with Crippen molar-refractivity contribution in [3.8, 4) is 17.1 Å². The molecule has 1 aliphatic heterocycles. The molecule has 4 rings (SSSR count). The summed E-state index contributed by atoms with van der Waals surface area (Å²) in [6, 6.07) is 13.2. The number of methoxy groups -OCH3 is 1. The van der Waals surface area contributed by atoms with Gasteiger partial charge in [-0.1, -0.05) is 37.2 Å². The van der Waals surface area contributed by atoms with E-state index in [-0.39, 0.29) is 18.0 Å². The highest BCUT2D eigenvalue weighted by Crippen LogP contribution is 2.44. The average molecular weight is 478 g/mol. The number of hydrogen-bond donors (Lipinski definition) is 1. The molecule has 0 radical (unpaired) electrons. The molecule has 2 heterocycles. The maximum atomic E-state index is 13.3. The molecule has 9 heteroatoms. The Morgan fingerprint density at radius 3 is 2.49 bits per heavy atom. The van der Waals surface area contributed by atoms with Crippen LogP contribution in [0.4, 0.5) is 5.69 Å². The molecule has 1 atom stereocenters. The normalized spacial score (nSPS) is 15.9. The second-order valence-electron chi connectivity index (χ2n) is 8.42. The molecule has 0 saturated carbocycles. The number of para-hydroxylation sites is 1. The van der Waals surface area contributed by atoms with E-state index in [0.29, 0.717) is 40.9 Å². The second kappa shape index (κ2) is 10.1. The van der Waals surface area contributed by atoms with Crippen molar-refractivity contribution in [1.82, 2.24) is 10.1 Å². The molecular weight excluding hydrogens is 450 g/mol. The molecule has 0 bridgehead atoms. The van der Waals surface area contributed by atoms with Crippen LogP contribution in [-0.4, -0.2) is 47.3 Å². The van der Waals surface area contributed by atoms with Crippen molar-refractivity contribution in [3.05, 3.63) is 71.3 Å². The van der Waals surface area contributed by atoms with Crippen LogP contribution in [0.3, 0.4) is 0 Å². The van der Waals surface area contributed by atoms with Gasteiger partial charge in [0.05, 0.1) is 18.2 Å². The Morgan fingerprint density at radius 2 is 1.86 bits per heavy atom. The summed E-state index contributed by atoms with van der Waals surface area (Å²) in [4.78, 5) is 32.1. The molecule has 0 aliphatic carbocycles. The summed E-state index contributed by atoms with van der Waals surface area (Å²) in [5, 5.41) is 14.8. The number of ketones is 1. The van der Waals surface area contributed by atoms with E-state index in [1.165, 1.54) is 4.90 Å². The minimum absolute atomic E-state index is 0.0469. The fourth-order valence-corrected chi connectivity index (χ4v) is 3.99. The first kappa shape index (κ1) is 24.2. The monoisotopic (exact) mass is 477 g/mol. The second-order valence-corrected chi connectivity index (χ2v) is 8.42. The lowest BCUT2D eigenvalue weighted by molar-refractivity contribution is -0.119. The summed E-state index contributed by atoms with van der Waals surface area (Å²) in [6.07, 6.45) is 0. The van der Waals surface area contributed by atoms with E-state index < -0.39 is 23.6 Å². The molecule has 1 aliphatic rings. The van der Waals surface area contributed by atoms with Gasteiger partial charge in [-0.3, -0.25) is 14.5 Å². The summed E-state index contributed by atoms with van der Waals surface area (Å²) >= 11 is 0. The Balaban J connectivity index is 1.79. The van der Waals surface area contributed by atoms with Gasteiger partial charge in [-0.05, 0) is 30.3 Å². The molecule has 0 saturated heterocycles. The number of anilines is 1. The summed E-state index contributed by atoms with van der Waals surface area (Å²) < 4.78 is 16.0. The van der Waals surface area contributed by atoms with Crippen molar-refractivity contribution < 1.29 is 28.7 Å². The molecule has 35 heavy (non-hydrogen) atoms. The van der Waals surface area contributed by atoms with Gasteiger partial charge < -0.3 is 19.1 Å². The number of ether oxygens (including phenoxy) is 2. The molecule has 182 valence electrons. The van der Waals surface area contributed by atoms with Crippen LogP contribution in [0.1, 0.15) is 31.3 Å². The number of carbonyl (C=O) groups is 2. The molecule has 1 amide bonds. The zero-order valence-electron chi connectivity index (χ0n) is 20.0.